The zero-order chi connectivity index (χ0) is 20.4. The van der Waals surface area contributed by atoms with Crippen molar-refractivity contribution in [2.45, 2.75) is 36.6 Å². The van der Waals surface area contributed by atoms with Crippen molar-refractivity contribution >= 4 is 21.6 Å². The Kier molecular flexibility index (Phi) is 5.76. The number of rotatable bonds is 6. The van der Waals surface area contributed by atoms with E-state index in [1.807, 2.05) is 19.3 Å². The Morgan fingerprint density at radius 2 is 1.79 bits per heavy atom. The van der Waals surface area contributed by atoms with Crippen LogP contribution in [0.3, 0.4) is 0 Å². The number of sulfonamides is 1. The number of amides is 1. The maximum absolute atomic E-state index is 12.6. The first-order valence-electron chi connectivity index (χ1n) is 10.2. The highest BCUT2D eigenvalue weighted by Crippen LogP contribution is 2.31. The second-order valence-corrected chi connectivity index (χ2v) is 9.79. The van der Waals surface area contributed by atoms with Gasteiger partial charge in [-0.05, 0) is 68.6 Å². The molecule has 0 saturated carbocycles. The second kappa shape index (κ2) is 8.30. The number of benzene rings is 1. The zero-order valence-electron chi connectivity index (χ0n) is 16.8. The molecule has 1 N–H and O–H groups in total. The quantitative estimate of drug-likeness (QED) is 0.785. The van der Waals surface area contributed by atoms with Crippen LogP contribution in [0.4, 0.5) is 5.69 Å². The van der Waals surface area contributed by atoms with Crippen LogP contribution in [-0.2, 0) is 21.9 Å². The van der Waals surface area contributed by atoms with E-state index >= 15 is 0 Å². The number of hydrogen-bond donors (Lipinski definition) is 1. The van der Waals surface area contributed by atoms with Gasteiger partial charge in [0, 0.05) is 37.7 Å². The van der Waals surface area contributed by atoms with Crippen molar-refractivity contribution in [3.8, 4) is 0 Å². The highest BCUT2D eigenvalue weighted by molar-refractivity contribution is 7.89. The van der Waals surface area contributed by atoms with Crippen molar-refractivity contribution in [3.05, 3.63) is 48.3 Å². The maximum Gasteiger partial charge on any atom is 0.243 e. The molecule has 2 aromatic rings. The van der Waals surface area contributed by atoms with E-state index in [9.17, 15) is 13.2 Å². The zero-order valence-corrected chi connectivity index (χ0v) is 17.6. The summed E-state index contributed by atoms with van der Waals surface area (Å²) in [7, 11) is -1.40. The predicted octanol–water partition coefficient (Wildman–Crippen LogP) is 2.59. The third kappa shape index (κ3) is 4.24. The summed E-state index contributed by atoms with van der Waals surface area (Å²) in [6.07, 6.45) is 5.98. The fraction of sp³-hybridized carbons (Fsp3) is 0.476. The van der Waals surface area contributed by atoms with Gasteiger partial charge in [-0.1, -0.05) is 0 Å². The van der Waals surface area contributed by atoms with Gasteiger partial charge in [-0.3, -0.25) is 9.69 Å². The first kappa shape index (κ1) is 20.1. The lowest BCUT2D eigenvalue weighted by molar-refractivity contribution is -0.117. The van der Waals surface area contributed by atoms with Crippen LogP contribution in [0.1, 0.15) is 37.4 Å². The van der Waals surface area contributed by atoms with E-state index in [1.54, 1.807) is 24.3 Å². The van der Waals surface area contributed by atoms with Gasteiger partial charge in [-0.2, -0.15) is 4.31 Å². The van der Waals surface area contributed by atoms with E-state index in [1.165, 1.54) is 10.00 Å². The third-order valence-electron chi connectivity index (χ3n) is 5.88. The molecule has 0 aliphatic carbocycles. The van der Waals surface area contributed by atoms with Crippen LogP contribution < -0.4 is 5.32 Å². The van der Waals surface area contributed by atoms with Gasteiger partial charge < -0.3 is 9.88 Å². The predicted molar refractivity (Wildman–Crippen MR) is 112 cm³/mol. The molecule has 2 saturated heterocycles. The van der Waals surface area contributed by atoms with Gasteiger partial charge in [-0.25, -0.2) is 8.42 Å². The number of carbonyl (C=O) groups excluding carboxylic acids is 1. The molecule has 2 aliphatic heterocycles. The van der Waals surface area contributed by atoms with Crippen molar-refractivity contribution in [2.24, 2.45) is 7.05 Å². The van der Waals surface area contributed by atoms with Gasteiger partial charge in [0.2, 0.25) is 15.9 Å². The van der Waals surface area contributed by atoms with Gasteiger partial charge in [0.1, 0.15) is 0 Å². The summed E-state index contributed by atoms with van der Waals surface area (Å²) < 4.78 is 28.8. The molecule has 1 aromatic carbocycles. The van der Waals surface area contributed by atoms with Crippen LogP contribution in [-0.4, -0.2) is 54.3 Å². The molecule has 1 unspecified atom stereocenters. The van der Waals surface area contributed by atoms with Gasteiger partial charge in [0.15, 0.2) is 0 Å². The molecule has 1 aromatic heterocycles. The molecule has 0 bridgehead atoms. The molecule has 4 rings (SSSR count). The van der Waals surface area contributed by atoms with Crippen LogP contribution in [0.5, 0.6) is 0 Å². The minimum Gasteiger partial charge on any atom is -0.353 e. The highest BCUT2D eigenvalue weighted by atomic mass is 32.2. The molecule has 0 radical (unpaired) electrons. The molecule has 1 amide bonds. The van der Waals surface area contributed by atoms with Crippen molar-refractivity contribution in [2.75, 3.05) is 31.5 Å². The van der Waals surface area contributed by atoms with E-state index in [-0.39, 0.29) is 16.8 Å². The van der Waals surface area contributed by atoms with Gasteiger partial charge in [-0.15, -0.1) is 0 Å². The van der Waals surface area contributed by atoms with Crippen molar-refractivity contribution in [1.82, 2.24) is 13.8 Å². The summed E-state index contributed by atoms with van der Waals surface area (Å²) in [6.45, 7) is 2.39. The fourth-order valence-electron chi connectivity index (χ4n) is 4.34. The molecule has 1 atom stereocenters. The Morgan fingerprint density at radius 3 is 2.45 bits per heavy atom. The number of aromatic nitrogens is 1. The molecule has 156 valence electrons. The summed E-state index contributed by atoms with van der Waals surface area (Å²) >= 11 is 0. The van der Waals surface area contributed by atoms with E-state index < -0.39 is 10.0 Å². The monoisotopic (exact) mass is 416 g/mol. The smallest absolute Gasteiger partial charge is 0.243 e. The number of anilines is 1. The van der Waals surface area contributed by atoms with Crippen molar-refractivity contribution in [3.63, 3.8) is 0 Å². The summed E-state index contributed by atoms with van der Waals surface area (Å²) in [5, 5.41) is 2.90. The van der Waals surface area contributed by atoms with Crippen molar-refractivity contribution < 1.29 is 13.2 Å². The Bertz CT molecular complexity index is 962. The molecule has 7 nitrogen and oxygen atoms in total. The van der Waals surface area contributed by atoms with Crippen LogP contribution in [0, 0.1) is 0 Å². The molecule has 2 fully saturated rings. The molecule has 29 heavy (non-hydrogen) atoms. The molecule has 2 aliphatic rings. The molecule has 3 heterocycles. The molecule has 8 heteroatoms. The lowest BCUT2D eigenvalue weighted by atomic mass is 10.1. The minimum absolute atomic E-state index is 0.0822. The van der Waals surface area contributed by atoms with Crippen molar-refractivity contribution in [1.29, 1.82) is 0 Å². The maximum atomic E-state index is 12.6. The van der Waals surface area contributed by atoms with Crippen LogP contribution >= 0.6 is 0 Å². The number of aryl methyl sites for hydroxylation is 1. The number of hydrogen-bond acceptors (Lipinski definition) is 4. The SMILES string of the molecule is Cn1cccc1C1CCCN1CC(=O)Nc1ccc(S(=O)(=O)N2CCCC2)cc1. The number of nitrogens with one attached hydrogen (secondary N) is 1. The number of nitrogens with zero attached hydrogens (tertiary/aromatic N) is 3. The second-order valence-electron chi connectivity index (χ2n) is 7.86. The molecular weight excluding hydrogens is 388 g/mol. The Morgan fingerprint density at radius 1 is 1.07 bits per heavy atom. The average molecular weight is 417 g/mol. The summed E-state index contributed by atoms with van der Waals surface area (Å²) in [6, 6.07) is 10.9. The topological polar surface area (TPSA) is 74.6 Å². The summed E-state index contributed by atoms with van der Waals surface area (Å²) in [5.74, 6) is -0.0822. The highest BCUT2D eigenvalue weighted by Gasteiger charge is 2.29. The summed E-state index contributed by atoms with van der Waals surface area (Å²) in [5.41, 5.74) is 1.84. The average Bonchev–Trinajstić information content (AvgIpc) is 3.44. The fourth-order valence-corrected chi connectivity index (χ4v) is 5.86. The lowest BCUT2D eigenvalue weighted by Gasteiger charge is -2.24. The Balaban J connectivity index is 1.38. The first-order chi connectivity index (χ1) is 13.9. The lowest BCUT2D eigenvalue weighted by Crippen LogP contribution is -2.33. The largest absolute Gasteiger partial charge is 0.353 e. The van der Waals surface area contributed by atoms with E-state index in [0.29, 0.717) is 25.3 Å². The number of likely N-dealkylation sites (tertiary alicyclic amines) is 1. The standard InChI is InChI=1S/C21H28N4O3S/c1-23-12-4-6-19(23)20-7-5-13-24(20)16-21(26)22-17-8-10-18(11-9-17)29(27,28)25-14-2-3-15-25/h4,6,8-12,20H,2-3,5,7,13-16H2,1H3,(H,22,26). The Labute approximate surface area is 172 Å². The molecular formula is C21H28N4O3S. The van der Waals surface area contributed by atoms with Crippen LogP contribution in [0.25, 0.3) is 0 Å². The van der Waals surface area contributed by atoms with E-state index in [2.05, 4.69) is 20.9 Å². The third-order valence-corrected chi connectivity index (χ3v) is 7.79. The van der Waals surface area contributed by atoms with Gasteiger partial charge in [0.05, 0.1) is 17.5 Å². The van der Waals surface area contributed by atoms with E-state index in [0.717, 1.165) is 32.2 Å². The van der Waals surface area contributed by atoms with Crippen LogP contribution in [0.2, 0.25) is 0 Å². The Hall–Kier alpha value is -2.16. The first-order valence-corrected chi connectivity index (χ1v) is 11.6. The van der Waals surface area contributed by atoms with Crippen LogP contribution in [0.15, 0.2) is 47.5 Å². The van der Waals surface area contributed by atoms with E-state index in [4.69, 9.17) is 0 Å². The molecule has 0 spiro atoms. The number of carbonyl (C=O) groups is 1. The normalized spacial score (nSPS) is 20.9. The minimum atomic E-state index is -3.43. The van der Waals surface area contributed by atoms with Gasteiger partial charge >= 0.3 is 0 Å². The van der Waals surface area contributed by atoms with Gasteiger partial charge in [0.25, 0.3) is 0 Å². The summed E-state index contributed by atoms with van der Waals surface area (Å²) in [4.78, 5) is 15.1.